The maximum atomic E-state index is 10.5. The quantitative estimate of drug-likeness (QED) is 0.453. The molecular weight excluding hydrogens is 152 g/mol. The first kappa shape index (κ1) is 12.5. The Balaban J connectivity index is 0. The molecule has 0 spiro atoms. The lowest BCUT2D eigenvalue weighted by atomic mass is 10.2. The lowest BCUT2D eigenvalue weighted by Crippen LogP contribution is -2.24. The highest BCUT2D eigenvalue weighted by atomic mass is 32.1. The molecule has 0 atom stereocenters. The van der Waals surface area contributed by atoms with Crippen molar-refractivity contribution < 1.29 is 15.0 Å². The summed E-state index contributed by atoms with van der Waals surface area (Å²) in [6.45, 7) is 5.48. The first-order valence-electron chi connectivity index (χ1n) is 2.78. The summed E-state index contributed by atoms with van der Waals surface area (Å²) in [6, 6.07) is 0. The number of ether oxygens (including phenoxy) is 1. The lowest BCUT2D eigenvalue weighted by molar-refractivity contribution is -0.151. The van der Waals surface area contributed by atoms with Crippen LogP contribution in [0.2, 0.25) is 0 Å². The molecule has 0 saturated carbocycles. The van der Waals surface area contributed by atoms with E-state index in [1.807, 2.05) is 20.8 Å². The predicted molar refractivity (Wildman–Crippen MR) is 43.3 cm³/mol. The highest BCUT2D eigenvalue weighted by Gasteiger charge is 2.14. The normalized spacial score (nSPS) is 10.0. The molecule has 0 aromatic heterocycles. The van der Waals surface area contributed by atoms with E-state index >= 15 is 0 Å². The van der Waals surface area contributed by atoms with Gasteiger partial charge in [0.05, 0.1) is 5.75 Å². The SMILES string of the molecule is CC(C)(C)OC(=O)CS.O. The fourth-order valence-electron chi connectivity index (χ4n) is 0.374. The molecule has 0 radical (unpaired) electrons. The van der Waals surface area contributed by atoms with Crippen LogP contribution in [-0.4, -0.2) is 22.8 Å². The largest absolute Gasteiger partial charge is 0.459 e. The Hall–Kier alpha value is -0.220. The van der Waals surface area contributed by atoms with Crippen LogP contribution in [0, 0.1) is 0 Å². The molecule has 0 rings (SSSR count). The molecular formula is C6H14O3S. The molecule has 62 valence electrons. The second-order valence-electron chi connectivity index (χ2n) is 2.74. The minimum atomic E-state index is -0.375. The Labute approximate surface area is 66.5 Å². The maximum absolute atomic E-state index is 10.5. The Morgan fingerprint density at radius 2 is 1.90 bits per heavy atom. The molecule has 0 unspecified atom stereocenters. The predicted octanol–water partition coefficient (Wildman–Crippen LogP) is 0.433. The van der Waals surface area contributed by atoms with Gasteiger partial charge in [-0.15, -0.1) is 0 Å². The number of hydrogen-bond donors (Lipinski definition) is 1. The van der Waals surface area contributed by atoms with Crippen molar-refractivity contribution in [2.24, 2.45) is 0 Å². The van der Waals surface area contributed by atoms with E-state index in [2.05, 4.69) is 12.6 Å². The van der Waals surface area contributed by atoms with Gasteiger partial charge >= 0.3 is 5.97 Å². The van der Waals surface area contributed by atoms with Crippen LogP contribution >= 0.6 is 12.6 Å². The van der Waals surface area contributed by atoms with Gasteiger partial charge in [0.15, 0.2) is 0 Å². The molecule has 0 saturated heterocycles. The Kier molecular flexibility index (Phi) is 5.70. The van der Waals surface area contributed by atoms with E-state index in [1.165, 1.54) is 0 Å². The van der Waals surface area contributed by atoms with Gasteiger partial charge in [-0.3, -0.25) is 4.79 Å². The molecule has 4 heteroatoms. The van der Waals surface area contributed by atoms with E-state index in [1.54, 1.807) is 0 Å². The van der Waals surface area contributed by atoms with Crippen LogP contribution in [0.4, 0.5) is 0 Å². The average molecular weight is 166 g/mol. The Bertz CT molecular complexity index is 106. The zero-order valence-corrected chi connectivity index (χ0v) is 7.37. The van der Waals surface area contributed by atoms with E-state index in [9.17, 15) is 4.79 Å². The van der Waals surface area contributed by atoms with Gasteiger partial charge in [0.2, 0.25) is 0 Å². The second kappa shape index (κ2) is 4.57. The molecule has 0 aliphatic heterocycles. The first-order chi connectivity index (χ1) is 3.95. The van der Waals surface area contributed by atoms with Crippen LogP contribution in [0.3, 0.4) is 0 Å². The van der Waals surface area contributed by atoms with Crippen LogP contribution < -0.4 is 0 Å². The highest BCUT2D eigenvalue weighted by Crippen LogP contribution is 2.06. The van der Waals surface area contributed by atoms with Gasteiger partial charge in [-0.1, -0.05) is 0 Å². The monoisotopic (exact) mass is 166 g/mol. The molecule has 0 fully saturated rings. The van der Waals surface area contributed by atoms with Crippen LogP contribution in [0.25, 0.3) is 0 Å². The third kappa shape index (κ3) is 7.78. The molecule has 10 heavy (non-hydrogen) atoms. The maximum Gasteiger partial charge on any atom is 0.316 e. The second-order valence-corrected chi connectivity index (χ2v) is 3.06. The molecule has 0 heterocycles. The van der Waals surface area contributed by atoms with Crippen molar-refractivity contribution >= 4 is 18.6 Å². The zero-order chi connectivity index (χ0) is 7.49. The molecule has 0 amide bonds. The average Bonchev–Trinajstić information content (AvgIpc) is 1.62. The molecule has 0 aromatic rings. The number of carbonyl (C=O) groups is 1. The number of esters is 1. The fraction of sp³-hybridized carbons (Fsp3) is 0.833. The third-order valence-corrected chi connectivity index (χ3v) is 0.807. The standard InChI is InChI=1S/C6H12O2S.H2O/c1-6(2,3)8-5(7)4-9;/h9H,4H2,1-3H3;1H2. The van der Waals surface area contributed by atoms with Gasteiger partial charge in [0, 0.05) is 0 Å². The van der Waals surface area contributed by atoms with Gasteiger partial charge in [-0.2, -0.15) is 12.6 Å². The smallest absolute Gasteiger partial charge is 0.316 e. The number of rotatable bonds is 1. The van der Waals surface area contributed by atoms with Gasteiger partial charge < -0.3 is 10.2 Å². The van der Waals surface area contributed by atoms with Crippen molar-refractivity contribution in [1.82, 2.24) is 0 Å². The summed E-state index contributed by atoms with van der Waals surface area (Å²) in [5, 5.41) is 0. The van der Waals surface area contributed by atoms with E-state index in [-0.39, 0.29) is 22.8 Å². The van der Waals surface area contributed by atoms with Gasteiger partial charge in [0.1, 0.15) is 5.60 Å². The minimum absolute atomic E-state index is 0. The molecule has 0 aromatic carbocycles. The molecule has 2 N–H and O–H groups in total. The summed E-state index contributed by atoms with van der Waals surface area (Å²) >= 11 is 3.75. The van der Waals surface area contributed by atoms with Crippen LogP contribution in [0.5, 0.6) is 0 Å². The van der Waals surface area contributed by atoms with Crippen LogP contribution in [-0.2, 0) is 9.53 Å². The first-order valence-corrected chi connectivity index (χ1v) is 3.41. The van der Waals surface area contributed by atoms with E-state index < -0.39 is 0 Å². The summed E-state index contributed by atoms with van der Waals surface area (Å²) in [5.74, 6) is -0.122. The molecule has 0 bridgehead atoms. The van der Waals surface area contributed by atoms with E-state index in [4.69, 9.17) is 4.74 Å². The Morgan fingerprint density at radius 1 is 1.50 bits per heavy atom. The summed E-state index contributed by atoms with van der Waals surface area (Å²) in [7, 11) is 0. The summed E-state index contributed by atoms with van der Waals surface area (Å²) in [5.41, 5.74) is -0.375. The lowest BCUT2D eigenvalue weighted by Gasteiger charge is -2.18. The van der Waals surface area contributed by atoms with Gasteiger partial charge in [-0.25, -0.2) is 0 Å². The fourth-order valence-corrected chi connectivity index (χ4v) is 0.438. The minimum Gasteiger partial charge on any atom is -0.459 e. The number of hydrogen-bond acceptors (Lipinski definition) is 3. The summed E-state index contributed by atoms with van der Waals surface area (Å²) in [4.78, 5) is 10.5. The van der Waals surface area contributed by atoms with Gasteiger partial charge in [-0.05, 0) is 20.8 Å². The summed E-state index contributed by atoms with van der Waals surface area (Å²) in [6.07, 6.45) is 0. The van der Waals surface area contributed by atoms with Crippen molar-refractivity contribution in [2.75, 3.05) is 5.75 Å². The van der Waals surface area contributed by atoms with E-state index in [0.29, 0.717) is 0 Å². The number of thiol groups is 1. The van der Waals surface area contributed by atoms with Crippen molar-refractivity contribution in [3.05, 3.63) is 0 Å². The number of carbonyl (C=O) groups excluding carboxylic acids is 1. The van der Waals surface area contributed by atoms with Crippen molar-refractivity contribution in [1.29, 1.82) is 0 Å². The van der Waals surface area contributed by atoms with Gasteiger partial charge in [0.25, 0.3) is 0 Å². The van der Waals surface area contributed by atoms with Crippen molar-refractivity contribution in [2.45, 2.75) is 26.4 Å². The Morgan fingerprint density at radius 3 is 2.00 bits per heavy atom. The topological polar surface area (TPSA) is 57.8 Å². The van der Waals surface area contributed by atoms with Crippen LogP contribution in [0.1, 0.15) is 20.8 Å². The molecule has 0 aliphatic carbocycles. The van der Waals surface area contributed by atoms with E-state index in [0.717, 1.165) is 0 Å². The molecule has 0 aliphatic rings. The van der Waals surface area contributed by atoms with Crippen LogP contribution in [0.15, 0.2) is 0 Å². The van der Waals surface area contributed by atoms with Crippen molar-refractivity contribution in [3.8, 4) is 0 Å². The van der Waals surface area contributed by atoms with Crippen molar-refractivity contribution in [3.63, 3.8) is 0 Å². The third-order valence-electron chi connectivity index (χ3n) is 0.549. The zero-order valence-electron chi connectivity index (χ0n) is 6.47. The molecule has 3 nitrogen and oxygen atoms in total. The highest BCUT2D eigenvalue weighted by molar-refractivity contribution is 7.81. The summed E-state index contributed by atoms with van der Waals surface area (Å²) < 4.78 is 4.87.